The van der Waals surface area contributed by atoms with Crippen molar-refractivity contribution in [3.05, 3.63) is 28.0 Å². The van der Waals surface area contributed by atoms with Crippen molar-refractivity contribution in [1.29, 1.82) is 0 Å². The summed E-state index contributed by atoms with van der Waals surface area (Å²) in [6.45, 7) is 0.175. The van der Waals surface area contributed by atoms with Crippen LogP contribution in [-0.2, 0) is 10.0 Å². The molecule has 0 spiro atoms. The van der Waals surface area contributed by atoms with Crippen molar-refractivity contribution in [2.45, 2.75) is 0 Å². The minimum atomic E-state index is -3.29. The maximum absolute atomic E-state index is 13.1. The third-order valence-corrected chi connectivity index (χ3v) is 3.49. The fraction of sp³-hybridized carbons (Fsp3) is 0.300. The Hall–Kier alpha value is -1.19. The van der Waals surface area contributed by atoms with Crippen LogP contribution >= 0.6 is 15.9 Å². The van der Waals surface area contributed by atoms with Crippen LogP contribution in [0.25, 0.3) is 0 Å². The number of benzene rings is 1. The minimum Gasteiger partial charge on any atom is -0.396 e. The van der Waals surface area contributed by atoms with Crippen LogP contribution in [0, 0.1) is 5.82 Å². The summed E-state index contributed by atoms with van der Waals surface area (Å²) < 4.78 is 37.2. The predicted octanol–water partition coefficient (Wildman–Crippen LogP) is 0.449. The Morgan fingerprint density at radius 3 is 2.63 bits per heavy atom. The Morgan fingerprint density at radius 2 is 2.05 bits per heavy atom. The number of halogens is 2. The van der Waals surface area contributed by atoms with Gasteiger partial charge in [0.15, 0.2) is 0 Å². The average molecular weight is 354 g/mol. The normalized spacial score (nSPS) is 11.3. The van der Waals surface area contributed by atoms with Gasteiger partial charge in [-0.15, -0.1) is 0 Å². The van der Waals surface area contributed by atoms with E-state index < -0.39 is 21.7 Å². The maximum Gasteiger partial charge on any atom is 0.252 e. The molecule has 6 nitrogen and oxygen atoms in total. The monoisotopic (exact) mass is 353 g/mol. The molecule has 0 saturated heterocycles. The molecule has 0 aliphatic heterocycles. The highest BCUT2D eigenvalue weighted by atomic mass is 79.9. The van der Waals surface area contributed by atoms with Crippen molar-refractivity contribution in [2.75, 3.05) is 25.1 Å². The second-order valence-corrected chi connectivity index (χ2v) is 6.46. The van der Waals surface area contributed by atoms with Crippen molar-refractivity contribution in [3.63, 3.8) is 0 Å². The van der Waals surface area contributed by atoms with Gasteiger partial charge in [0.1, 0.15) is 5.82 Å². The third-order valence-electron chi connectivity index (χ3n) is 2.11. The van der Waals surface area contributed by atoms with E-state index in [0.717, 1.165) is 12.3 Å². The minimum absolute atomic E-state index is 0.0683. The molecule has 0 atom stereocenters. The molecule has 0 aliphatic rings. The van der Waals surface area contributed by atoms with Gasteiger partial charge >= 0.3 is 0 Å². The largest absolute Gasteiger partial charge is 0.396 e. The van der Waals surface area contributed by atoms with Gasteiger partial charge < -0.3 is 11.1 Å². The Bertz CT molecular complexity index is 592. The van der Waals surface area contributed by atoms with Gasteiger partial charge in [0.25, 0.3) is 5.91 Å². The summed E-state index contributed by atoms with van der Waals surface area (Å²) in [4.78, 5) is 11.8. The molecule has 0 fully saturated rings. The molecule has 0 saturated carbocycles. The molecule has 19 heavy (non-hydrogen) atoms. The fourth-order valence-corrected chi connectivity index (χ4v) is 2.22. The summed E-state index contributed by atoms with van der Waals surface area (Å²) in [5.41, 5.74) is 5.41. The summed E-state index contributed by atoms with van der Waals surface area (Å²) in [7, 11) is -3.29. The Balaban J connectivity index is 2.62. The van der Waals surface area contributed by atoms with Gasteiger partial charge in [-0.05, 0) is 28.1 Å². The molecule has 0 aromatic heterocycles. The predicted molar refractivity (Wildman–Crippen MR) is 73.7 cm³/mol. The zero-order valence-electron chi connectivity index (χ0n) is 10.0. The molecule has 9 heteroatoms. The molecule has 1 amide bonds. The number of rotatable bonds is 5. The maximum atomic E-state index is 13.1. The van der Waals surface area contributed by atoms with Gasteiger partial charge in [-0.1, -0.05) is 0 Å². The topological polar surface area (TPSA) is 101 Å². The van der Waals surface area contributed by atoms with E-state index in [1.807, 2.05) is 0 Å². The van der Waals surface area contributed by atoms with Crippen molar-refractivity contribution in [2.24, 2.45) is 0 Å². The van der Waals surface area contributed by atoms with Crippen molar-refractivity contribution >= 4 is 37.5 Å². The standard InChI is InChI=1S/C10H13BrFN3O3S/c1-19(17,18)15-3-2-14-10(16)6-4-9(13)8(12)5-7(6)11/h4-5,15H,2-3,13H2,1H3,(H,14,16). The van der Waals surface area contributed by atoms with Gasteiger partial charge in [0.2, 0.25) is 10.0 Å². The molecular formula is C10H13BrFN3O3S. The van der Waals surface area contributed by atoms with Crippen LogP contribution in [0.4, 0.5) is 10.1 Å². The van der Waals surface area contributed by atoms with E-state index in [1.54, 1.807) is 0 Å². The van der Waals surface area contributed by atoms with Gasteiger partial charge in [-0.3, -0.25) is 4.79 Å². The molecule has 0 unspecified atom stereocenters. The Labute approximate surface area is 118 Å². The number of sulfonamides is 1. The van der Waals surface area contributed by atoms with Gasteiger partial charge in [-0.25, -0.2) is 17.5 Å². The van der Waals surface area contributed by atoms with Crippen molar-refractivity contribution in [3.8, 4) is 0 Å². The first kappa shape index (κ1) is 15.9. The van der Waals surface area contributed by atoms with Crippen LogP contribution in [0.15, 0.2) is 16.6 Å². The number of nitrogens with two attached hydrogens (primary N) is 1. The smallest absolute Gasteiger partial charge is 0.252 e. The van der Waals surface area contributed by atoms with Gasteiger partial charge in [-0.2, -0.15) is 0 Å². The number of nitrogens with one attached hydrogen (secondary N) is 2. The molecule has 0 aliphatic carbocycles. The Kier molecular flexibility index (Phi) is 5.27. The average Bonchev–Trinajstić information content (AvgIpc) is 2.28. The molecular weight excluding hydrogens is 341 g/mol. The number of carbonyl (C=O) groups excluding carboxylic acids is 1. The highest BCUT2D eigenvalue weighted by Crippen LogP contribution is 2.22. The van der Waals surface area contributed by atoms with E-state index in [4.69, 9.17) is 5.73 Å². The highest BCUT2D eigenvalue weighted by molar-refractivity contribution is 9.10. The van der Waals surface area contributed by atoms with Crippen LogP contribution in [0.3, 0.4) is 0 Å². The summed E-state index contributed by atoms with van der Waals surface area (Å²) in [5, 5.41) is 2.49. The SMILES string of the molecule is CS(=O)(=O)NCCNC(=O)c1cc(N)c(F)cc1Br. The van der Waals surface area contributed by atoms with E-state index in [0.29, 0.717) is 0 Å². The molecule has 1 aromatic carbocycles. The molecule has 1 aromatic rings. The molecule has 1 rings (SSSR count). The lowest BCUT2D eigenvalue weighted by atomic mass is 10.2. The summed E-state index contributed by atoms with van der Waals surface area (Å²) in [6, 6.07) is 2.30. The van der Waals surface area contributed by atoms with Crippen LogP contribution in [0.5, 0.6) is 0 Å². The lowest BCUT2D eigenvalue weighted by molar-refractivity contribution is 0.0953. The quantitative estimate of drug-likeness (QED) is 0.528. The summed E-state index contributed by atoms with van der Waals surface area (Å²) in [5.74, 6) is -1.10. The van der Waals surface area contributed by atoms with E-state index >= 15 is 0 Å². The summed E-state index contributed by atoms with van der Waals surface area (Å²) in [6.07, 6.45) is 1.02. The first-order valence-corrected chi connectivity index (χ1v) is 7.86. The van der Waals surface area contributed by atoms with Gasteiger partial charge in [0.05, 0.1) is 17.5 Å². The third kappa shape index (κ3) is 5.13. The number of nitrogen functional groups attached to an aromatic ring is 1. The van der Waals surface area contributed by atoms with E-state index in [-0.39, 0.29) is 28.8 Å². The lowest BCUT2D eigenvalue weighted by Gasteiger charge is -2.08. The van der Waals surface area contributed by atoms with Gasteiger partial charge in [0, 0.05) is 17.6 Å². The number of hydrogen-bond acceptors (Lipinski definition) is 4. The second-order valence-electron chi connectivity index (χ2n) is 3.78. The summed E-state index contributed by atoms with van der Waals surface area (Å²) >= 11 is 3.05. The molecule has 0 radical (unpaired) electrons. The molecule has 0 heterocycles. The van der Waals surface area contributed by atoms with Crippen LogP contribution < -0.4 is 15.8 Å². The fourth-order valence-electron chi connectivity index (χ4n) is 1.25. The number of anilines is 1. The molecule has 4 N–H and O–H groups in total. The number of hydrogen-bond donors (Lipinski definition) is 3. The van der Waals surface area contributed by atoms with Crippen molar-refractivity contribution < 1.29 is 17.6 Å². The van der Waals surface area contributed by atoms with E-state index in [2.05, 4.69) is 26.0 Å². The van der Waals surface area contributed by atoms with E-state index in [9.17, 15) is 17.6 Å². The van der Waals surface area contributed by atoms with Crippen LogP contribution in [0.2, 0.25) is 0 Å². The van der Waals surface area contributed by atoms with Crippen LogP contribution in [-0.4, -0.2) is 33.7 Å². The molecule has 0 bridgehead atoms. The number of amides is 1. The van der Waals surface area contributed by atoms with Crippen LogP contribution in [0.1, 0.15) is 10.4 Å². The second kappa shape index (κ2) is 6.31. The lowest BCUT2D eigenvalue weighted by Crippen LogP contribution is -2.34. The highest BCUT2D eigenvalue weighted by Gasteiger charge is 2.13. The number of carbonyl (C=O) groups is 1. The molecule has 106 valence electrons. The zero-order valence-corrected chi connectivity index (χ0v) is 12.4. The van der Waals surface area contributed by atoms with Crippen molar-refractivity contribution in [1.82, 2.24) is 10.0 Å². The first-order valence-electron chi connectivity index (χ1n) is 5.18. The first-order chi connectivity index (χ1) is 8.70. The Morgan fingerprint density at radius 1 is 1.42 bits per heavy atom. The van der Waals surface area contributed by atoms with E-state index in [1.165, 1.54) is 6.07 Å². The zero-order chi connectivity index (χ0) is 14.6.